The van der Waals surface area contributed by atoms with Crippen LogP contribution in [0.4, 0.5) is 0 Å². The molecule has 0 aromatic heterocycles. The Morgan fingerprint density at radius 1 is 1.00 bits per heavy atom. The maximum absolute atomic E-state index is 9.96. The first kappa shape index (κ1) is 18.7. The van der Waals surface area contributed by atoms with Gasteiger partial charge in [0.15, 0.2) is 0 Å². The van der Waals surface area contributed by atoms with Crippen LogP contribution in [0.15, 0.2) is 0 Å². The summed E-state index contributed by atoms with van der Waals surface area (Å²) >= 11 is 0. The lowest BCUT2D eigenvalue weighted by Crippen LogP contribution is -1.94. The number of methoxy groups -OCH3 is 2. The average Bonchev–Trinajstić information content (AvgIpc) is 2.18. The van der Waals surface area contributed by atoms with Gasteiger partial charge in [0.2, 0.25) is 0 Å². The fourth-order valence-corrected chi connectivity index (χ4v) is 0.144. The van der Waals surface area contributed by atoms with Gasteiger partial charge in [0, 0.05) is 13.3 Å². The Labute approximate surface area is 86.6 Å². The molecule has 4 heteroatoms. The molecule has 0 N–H and O–H groups in total. The first-order chi connectivity index (χ1) is 6.49. The lowest BCUT2D eigenvalue weighted by molar-refractivity contribution is -0.140. The average molecular weight is 206 g/mol. The predicted octanol–water partition coefficient (Wildman–Crippen LogP) is 2.17. The monoisotopic (exact) mass is 206 g/mol. The number of rotatable bonds is 1. The van der Waals surface area contributed by atoms with Crippen LogP contribution >= 0.6 is 0 Å². The van der Waals surface area contributed by atoms with Gasteiger partial charge in [0.1, 0.15) is 0 Å². The van der Waals surface area contributed by atoms with Crippen LogP contribution in [0, 0.1) is 0 Å². The van der Waals surface area contributed by atoms with Gasteiger partial charge in [-0.1, -0.05) is 27.2 Å². The molecule has 4 nitrogen and oxygen atoms in total. The molecule has 0 aliphatic rings. The van der Waals surface area contributed by atoms with Gasteiger partial charge < -0.3 is 9.47 Å². The maximum Gasteiger partial charge on any atom is 0.305 e. The zero-order valence-corrected chi connectivity index (χ0v) is 10.0. The third-order valence-electron chi connectivity index (χ3n) is 0.804. The Morgan fingerprint density at radius 2 is 1.29 bits per heavy atom. The molecule has 0 amide bonds. The molecule has 0 aliphatic carbocycles. The molecule has 86 valence electrons. The largest absolute Gasteiger partial charge is 0.469 e. The first-order valence-corrected chi connectivity index (χ1v) is 4.61. The van der Waals surface area contributed by atoms with Crippen molar-refractivity contribution in [1.29, 1.82) is 0 Å². The van der Waals surface area contributed by atoms with E-state index in [1.165, 1.54) is 27.6 Å². The minimum absolute atomic E-state index is 0.157. The summed E-state index contributed by atoms with van der Waals surface area (Å²) in [5, 5.41) is 0. The molecule has 0 heterocycles. The molecule has 0 fully saturated rings. The highest BCUT2D eigenvalue weighted by Crippen LogP contribution is 1.76. The number of ether oxygens (including phenoxy) is 2. The zero-order chi connectivity index (χ0) is 12.0. The molecule has 0 spiro atoms. The summed E-state index contributed by atoms with van der Waals surface area (Å²) in [6, 6.07) is 0. The second-order valence-corrected chi connectivity index (χ2v) is 2.33. The van der Waals surface area contributed by atoms with Gasteiger partial charge in [0.05, 0.1) is 14.2 Å². The fraction of sp³-hybridized carbons (Fsp3) is 0.800. The van der Waals surface area contributed by atoms with Gasteiger partial charge in [-0.05, 0) is 0 Å². The summed E-state index contributed by atoms with van der Waals surface area (Å²) in [6.07, 6.45) is 1.72. The third-order valence-corrected chi connectivity index (χ3v) is 0.804. The highest BCUT2D eigenvalue weighted by atomic mass is 16.5. The topological polar surface area (TPSA) is 52.6 Å². The Morgan fingerprint density at radius 3 is 1.29 bits per heavy atom. The van der Waals surface area contributed by atoms with Crippen LogP contribution in [-0.2, 0) is 19.1 Å². The fourth-order valence-electron chi connectivity index (χ4n) is 0.144. The highest BCUT2D eigenvalue weighted by molar-refractivity contribution is 5.68. The van der Waals surface area contributed by atoms with E-state index in [1.54, 1.807) is 6.92 Å². The number of carbonyl (C=O) groups is 2. The van der Waals surface area contributed by atoms with Crippen LogP contribution < -0.4 is 0 Å². The van der Waals surface area contributed by atoms with Crippen molar-refractivity contribution < 1.29 is 19.1 Å². The van der Waals surface area contributed by atoms with Gasteiger partial charge in [0.25, 0.3) is 0 Å². The Hall–Kier alpha value is -1.06. The molecule has 0 saturated heterocycles. The molecule has 0 unspecified atom stereocenters. The minimum atomic E-state index is -0.245. The van der Waals surface area contributed by atoms with E-state index in [0.29, 0.717) is 6.42 Å². The van der Waals surface area contributed by atoms with Gasteiger partial charge >= 0.3 is 11.9 Å². The summed E-state index contributed by atoms with van der Waals surface area (Å²) < 4.78 is 8.37. The molecule has 0 atom stereocenters. The van der Waals surface area contributed by atoms with E-state index in [1.807, 2.05) is 0 Å². The van der Waals surface area contributed by atoms with Gasteiger partial charge in [-0.3, -0.25) is 9.59 Å². The van der Waals surface area contributed by atoms with Crippen LogP contribution in [-0.4, -0.2) is 26.2 Å². The van der Waals surface area contributed by atoms with Crippen molar-refractivity contribution in [3.05, 3.63) is 0 Å². The molecule has 14 heavy (non-hydrogen) atoms. The third kappa shape index (κ3) is 44.3. The Bertz CT molecular complexity index is 126. The van der Waals surface area contributed by atoms with Crippen LogP contribution in [0.1, 0.15) is 40.5 Å². The molecular weight excluding hydrogens is 184 g/mol. The number of esters is 2. The van der Waals surface area contributed by atoms with Crippen molar-refractivity contribution in [2.45, 2.75) is 40.5 Å². The van der Waals surface area contributed by atoms with Crippen LogP contribution in [0.25, 0.3) is 0 Å². The molecule has 0 saturated carbocycles. The summed E-state index contributed by atoms with van der Waals surface area (Å²) in [4.78, 5) is 19.5. The molecule has 0 rings (SSSR count). The van der Waals surface area contributed by atoms with E-state index in [2.05, 4.69) is 23.3 Å². The van der Waals surface area contributed by atoms with E-state index >= 15 is 0 Å². The van der Waals surface area contributed by atoms with Crippen molar-refractivity contribution in [2.24, 2.45) is 0 Å². The maximum atomic E-state index is 9.96. The summed E-state index contributed by atoms with van der Waals surface area (Å²) in [7, 11) is 2.73. The zero-order valence-electron chi connectivity index (χ0n) is 10.0. The predicted molar refractivity (Wildman–Crippen MR) is 56.0 cm³/mol. The van der Waals surface area contributed by atoms with E-state index in [9.17, 15) is 9.59 Å². The Balaban J connectivity index is -0.000000138. The van der Waals surface area contributed by atoms with E-state index < -0.39 is 0 Å². The van der Waals surface area contributed by atoms with Gasteiger partial charge in [-0.15, -0.1) is 0 Å². The molecule has 0 aromatic rings. The van der Waals surface area contributed by atoms with E-state index in [-0.39, 0.29) is 11.9 Å². The molecule has 0 bridgehead atoms. The van der Waals surface area contributed by atoms with Crippen LogP contribution in [0.5, 0.6) is 0 Å². The van der Waals surface area contributed by atoms with Crippen molar-refractivity contribution in [2.75, 3.05) is 14.2 Å². The first-order valence-electron chi connectivity index (χ1n) is 4.61. The Kier molecular flexibility index (Phi) is 23.8. The smallest absolute Gasteiger partial charge is 0.305 e. The molecule has 0 aromatic carbocycles. The van der Waals surface area contributed by atoms with E-state index in [4.69, 9.17) is 0 Å². The van der Waals surface area contributed by atoms with Gasteiger partial charge in [-0.25, -0.2) is 0 Å². The SMILES string of the molecule is CCC.CCC(=O)OC.COC(C)=O. The molecule has 0 radical (unpaired) electrons. The second kappa shape index (κ2) is 17.9. The summed E-state index contributed by atoms with van der Waals surface area (Å²) in [6.45, 7) is 7.37. The molecular formula is C10H22O4. The standard InChI is InChI=1S/C4H8O2.C3H6O2.C3H8/c1-3-4(5)6-2;1-3(4)5-2;1-3-2/h3H2,1-2H3;1-2H3;3H2,1-2H3. The van der Waals surface area contributed by atoms with Crippen molar-refractivity contribution >= 4 is 11.9 Å². The summed E-state index contributed by atoms with van der Waals surface area (Å²) in [5.74, 6) is -0.403. The number of carbonyl (C=O) groups excluding carboxylic acids is 2. The second-order valence-electron chi connectivity index (χ2n) is 2.33. The quantitative estimate of drug-likeness (QED) is 0.617. The lowest BCUT2D eigenvalue weighted by Gasteiger charge is -1.87. The van der Waals surface area contributed by atoms with Crippen molar-refractivity contribution in [3.8, 4) is 0 Å². The minimum Gasteiger partial charge on any atom is -0.469 e. The van der Waals surface area contributed by atoms with Crippen LogP contribution in [0.3, 0.4) is 0 Å². The lowest BCUT2D eigenvalue weighted by atomic mass is 10.5. The highest BCUT2D eigenvalue weighted by Gasteiger charge is 1.87. The van der Waals surface area contributed by atoms with Crippen LogP contribution in [0.2, 0.25) is 0 Å². The van der Waals surface area contributed by atoms with Crippen molar-refractivity contribution in [1.82, 2.24) is 0 Å². The normalized spacial score (nSPS) is 7.00. The van der Waals surface area contributed by atoms with Gasteiger partial charge in [-0.2, -0.15) is 0 Å². The molecule has 0 aliphatic heterocycles. The van der Waals surface area contributed by atoms with Crippen molar-refractivity contribution in [3.63, 3.8) is 0 Å². The number of hydrogen-bond donors (Lipinski definition) is 0. The summed E-state index contributed by atoms with van der Waals surface area (Å²) in [5.41, 5.74) is 0. The number of hydrogen-bond acceptors (Lipinski definition) is 4. The van der Waals surface area contributed by atoms with E-state index in [0.717, 1.165) is 0 Å².